The molecule has 2 aromatic rings. The largest absolute Gasteiger partial charge is 0.493 e. The third kappa shape index (κ3) is 4.73. The maximum Gasteiger partial charge on any atom is 0.244 e. The average molecular weight is 386 g/mol. The Bertz CT molecular complexity index is 825. The number of hydrogen-bond donors (Lipinski definition) is 1. The smallest absolute Gasteiger partial charge is 0.244 e. The Balaban J connectivity index is 2.25. The fraction of sp³-hybridized carbons (Fsp3) is 0.333. The van der Waals surface area contributed by atoms with Crippen LogP contribution in [0.3, 0.4) is 0 Å². The number of benzene rings is 2. The number of aryl methyl sites for hydroxylation is 1. The van der Waals surface area contributed by atoms with Crippen molar-refractivity contribution in [3.8, 4) is 17.2 Å². The summed E-state index contributed by atoms with van der Waals surface area (Å²) in [5.74, 6) is 0.746. The zero-order valence-electron chi connectivity index (χ0n) is 16.9. The minimum atomic E-state index is -0.338. The summed E-state index contributed by atoms with van der Waals surface area (Å²) in [4.78, 5) is 26.3. The van der Waals surface area contributed by atoms with Gasteiger partial charge in [0.2, 0.25) is 17.6 Å². The van der Waals surface area contributed by atoms with Crippen LogP contribution >= 0.6 is 0 Å². The molecule has 0 bridgehead atoms. The van der Waals surface area contributed by atoms with E-state index < -0.39 is 0 Å². The number of hydrogen-bond acceptors (Lipinski definition) is 5. The van der Waals surface area contributed by atoms with Gasteiger partial charge in [0.15, 0.2) is 11.5 Å². The van der Waals surface area contributed by atoms with Crippen LogP contribution in [0.25, 0.3) is 0 Å². The highest BCUT2D eigenvalue weighted by Gasteiger charge is 2.19. The molecule has 0 aliphatic carbocycles. The number of amides is 2. The Morgan fingerprint density at radius 2 is 1.61 bits per heavy atom. The van der Waals surface area contributed by atoms with Gasteiger partial charge < -0.3 is 24.4 Å². The predicted molar refractivity (Wildman–Crippen MR) is 109 cm³/mol. The monoisotopic (exact) mass is 386 g/mol. The molecular formula is C21H26N2O5. The van der Waals surface area contributed by atoms with E-state index in [2.05, 4.69) is 5.32 Å². The molecule has 0 saturated carbocycles. The number of para-hydroxylation sites is 1. The number of ether oxygens (including phenoxy) is 3. The second-order valence-electron chi connectivity index (χ2n) is 6.05. The Hall–Kier alpha value is -3.22. The van der Waals surface area contributed by atoms with Gasteiger partial charge in [-0.15, -0.1) is 0 Å². The maximum absolute atomic E-state index is 12.6. The third-order valence-electron chi connectivity index (χ3n) is 4.29. The molecule has 2 rings (SSSR count). The van der Waals surface area contributed by atoms with Crippen LogP contribution in [0.1, 0.15) is 19.4 Å². The van der Waals surface area contributed by atoms with Crippen LogP contribution in [0, 0.1) is 0 Å². The molecule has 0 atom stereocenters. The van der Waals surface area contributed by atoms with E-state index in [-0.39, 0.29) is 18.4 Å². The summed E-state index contributed by atoms with van der Waals surface area (Å²) in [6.45, 7) is 3.34. The van der Waals surface area contributed by atoms with Gasteiger partial charge in [-0.2, -0.15) is 0 Å². The lowest BCUT2D eigenvalue weighted by Gasteiger charge is -2.23. The summed E-state index contributed by atoms with van der Waals surface area (Å²) < 4.78 is 15.9. The topological polar surface area (TPSA) is 77.1 Å². The van der Waals surface area contributed by atoms with Crippen molar-refractivity contribution in [1.29, 1.82) is 0 Å². The molecule has 1 N–H and O–H groups in total. The van der Waals surface area contributed by atoms with Crippen molar-refractivity contribution < 1.29 is 23.8 Å². The van der Waals surface area contributed by atoms with E-state index in [1.165, 1.54) is 33.2 Å². The molecule has 0 aliphatic heterocycles. The summed E-state index contributed by atoms with van der Waals surface area (Å²) in [7, 11) is 4.51. The molecule has 0 unspecified atom stereocenters. The first-order valence-corrected chi connectivity index (χ1v) is 8.91. The second-order valence-corrected chi connectivity index (χ2v) is 6.05. The lowest BCUT2D eigenvalue weighted by Crippen LogP contribution is -2.37. The molecule has 0 heterocycles. The van der Waals surface area contributed by atoms with Crippen LogP contribution in [0.4, 0.5) is 11.4 Å². The van der Waals surface area contributed by atoms with Gasteiger partial charge >= 0.3 is 0 Å². The van der Waals surface area contributed by atoms with E-state index in [4.69, 9.17) is 14.2 Å². The van der Waals surface area contributed by atoms with Crippen molar-refractivity contribution in [2.45, 2.75) is 20.3 Å². The number of anilines is 2. The van der Waals surface area contributed by atoms with E-state index in [9.17, 15) is 9.59 Å². The van der Waals surface area contributed by atoms with E-state index in [1.807, 2.05) is 31.2 Å². The lowest BCUT2D eigenvalue weighted by molar-refractivity contribution is -0.120. The number of rotatable bonds is 8. The van der Waals surface area contributed by atoms with E-state index in [0.717, 1.165) is 17.7 Å². The first-order chi connectivity index (χ1) is 13.4. The fourth-order valence-corrected chi connectivity index (χ4v) is 2.94. The molecule has 0 saturated heterocycles. The number of nitrogens with zero attached hydrogens (tertiary/aromatic N) is 1. The van der Waals surface area contributed by atoms with Crippen LogP contribution in [0.2, 0.25) is 0 Å². The van der Waals surface area contributed by atoms with Crippen LogP contribution < -0.4 is 24.4 Å². The highest BCUT2D eigenvalue weighted by molar-refractivity contribution is 6.02. The average Bonchev–Trinajstić information content (AvgIpc) is 2.70. The minimum Gasteiger partial charge on any atom is -0.493 e. The zero-order chi connectivity index (χ0) is 20.7. The van der Waals surface area contributed by atoms with Crippen molar-refractivity contribution in [1.82, 2.24) is 0 Å². The van der Waals surface area contributed by atoms with E-state index in [0.29, 0.717) is 22.9 Å². The molecule has 7 heteroatoms. The van der Waals surface area contributed by atoms with Gasteiger partial charge in [0.1, 0.15) is 6.54 Å². The van der Waals surface area contributed by atoms with Crippen LogP contribution in [-0.2, 0) is 16.0 Å². The van der Waals surface area contributed by atoms with Gasteiger partial charge in [-0.05, 0) is 18.1 Å². The fourth-order valence-electron chi connectivity index (χ4n) is 2.94. The number of nitrogens with one attached hydrogen (secondary N) is 1. The molecule has 0 radical (unpaired) electrons. The van der Waals surface area contributed by atoms with Gasteiger partial charge in [0.05, 0.1) is 21.3 Å². The maximum atomic E-state index is 12.6. The molecule has 2 aromatic carbocycles. The lowest BCUT2D eigenvalue weighted by atomic mass is 10.1. The standard InChI is InChI=1S/C21H26N2O5/c1-6-15-9-7-8-10-17(15)23(14(2)24)13-20(25)22-16-11-18(26-3)21(28-5)19(12-16)27-4/h7-12H,6,13H2,1-5H3,(H,22,25). The Kier molecular flexibility index (Phi) is 7.26. The van der Waals surface area contributed by atoms with Gasteiger partial charge in [0.25, 0.3) is 0 Å². The van der Waals surface area contributed by atoms with Crippen molar-refractivity contribution in [3.05, 3.63) is 42.0 Å². The summed E-state index contributed by atoms with van der Waals surface area (Å²) in [5, 5.41) is 2.79. The van der Waals surface area contributed by atoms with Crippen LogP contribution in [-0.4, -0.2) is 39.7 Å². The highest BCUT2D eigenvalue weighted by atomic mass is 16.5. The summed E-state index contributed by atoms with van der Waals surface area (Å²) in [5.41, 5.74) is 2.21. The molecule has 0 fully saturated rings. The molecule has 2 amide bonds. The van der Waals surface area contributed by atoms with Crippen molar-refractivity contribution in [2.75, 3.05) is 38.1 Å². The number of carbonyl (C=O) groups is 2. The van der Waals surface area contributed by atoms with Gasteiger partial charge in [-0.3, -0.25) is 9.59 Å². The van der Waals surface area contributed by atoms with E-state index in [1.54, 1.807) is 12.1 Å². The summed E-state index contributed by atoms with van der Waals surface area (Å²) in [6.07, 6.45) is 0.758. The van der Waals surface area contributed by atoms with Gasteiger partial charge in [-0.25, -0.2) is 0 Å². The first kappa shape index (κ1) is 21.1. The molecule has 7 nitrogen and oxygen atoms in total. The van der Waals surface area contributed by atoms with Gasteiger partial charge in [0, 0.05) is 30.4 Å². The van der Waals surface area contributed by atoms with Crippen molar-refractivity contribution in [2.24, 2.45) is 0 Å². The summed E-state index contributed by atoms with van der Waals surface area (Å²) in [6, 6.07) is 10.8. The SMILES string of the molecule is CCc1ccccc1N(CC(=O)Nc1cc(OC)c(OC)c(OC)c1)C(C)=O. The summed E-state index contributed by atoms with van der Waals surface area (Å²) >= 11 is 0. The quantitative estimate of drug-likeness (QED) is 0.753. The van der Waals surface area contributed by atoms with Crippen LogP contribution in [0.5, 0.6) is 17.2 Å². The molecule has 28 heavy (non-hydrogen) atoms. The Morgan fingerprint density at radius 1 is 1.00 bits per heavy atom. The normalized spacial score (nSPS) is 10.2. The Morgan fingerprint density at radius 3 is 2.11 bits per heavy atom. The zero-order valence-corrected chi connectivity index (χ0v) is 16.9. The van der Waals surface area contributed by atoms with E-state index >= 15 is 0 Å². The predicted octanol–water partition coefficient (Wildman–Crippen LogP) is 3.27. The molecule has 150 valence electrons. The second kappa shape index (κ2) is 9.64. The first-order valence-electron chi connectivity index (χ1n) is 8.91. The molecule has 0 aliphatic rings. The molecule has 0 spiro atoms. The van der Waals surface area contributed by atoms with Gasteiger partial charge in [-0.1, -0.05) is 25.1 Å². The van der Waals surface area contributed by atoms with Crippen LogP contribution in [0.15, 0.2) is 36.4 Å². The minimum absolute atomic E-state index is 0.108. The third-order valence-corrected chi connectivity index (χ3v) is 4.29. The molecule has 0 aromatic heterocycles. The Labute approximate surface area is 165 Å². The van der Waals surface area contributed by atoms with Crippen molar-refractivity contribution >= 4 is 23.2 Å². The van der Waals surface area contributed by atoms with Crippen molar-refractivity contribution in [3.63, 3.8) is 0 Å². The highest BCUT2D eigenvalue weighted by Crippen LogP contribution is 2.39. The number of methoxy groups -OCH3 is 3. The number of carbonyl (C=O) groups excluding carboxylic acids is 2. The molecular weight excluding hydrogens is 360 g/mol.